The van der Waals surface area contributed by atoms with E-state index >= 15 is 0 Å². The number of carbonyl (C=O) groups excluding carboxylic acids is 1. The summed E-state index contributed by atoms with van der Waals surface area (Å²) in [5.41, 5.74) is -1.60. The van der Waals surface area contributed by atoms with E-state index in [1.807, 2.05) is 0 Å². The summed E-state index contributed by atoms with van der Waals surface area (Å²) < 4.78 is 72.2. The Bertz CT molecular complexity index is 1310. The molecule has 3 aromatic rings. The first kappa shape index (κ1) is 23.8. The summed E-state index contributed by atoms with van der Waals surface area (Å²) in [6.45, 7) is 1.33. The second-order valence-corrected chi connectivity index (χ2v) is 8.86. The van der Waals surface area contributed by atoms with Gasteiger partial charge in [-0.15, -0.1) is 5.10 Å². The van der Waals surface area contributed by atoms with Crippen LogP contribution in [0.4, 0.5) is 13.2 Å². The Morgan fingerprint density at radius 3 is 2.47 bits per heavy atom. The van der Waals surface area contributed by atoms with Gasteiger partial charge in [-0.1, -0.05) is 28.4 Å². The second kappa shape index (κ2) is 8.60. The SMILES string of the molecule is COc1ccc(Cl)c(S(=O)(=O)NC(=O)c2nnn(-c3cc(Cl)cc(C(F)(F)F)c3)c2C)c1. The van der Waals surface area contributed by atoms with Crippen LogP contribution < -0.4 is 9.46 Å². The molecule has 0 spiro atoms. The predicted octanol–water partition coefficient (Wildman–Crippen LogP) is 4.03. The fourth-order valence-corrected chi connectivity index (χ4v) is 4.38. The summed E-state index contributed by atoms with van der Waals surface area (Å²) in [6, 6.07) is 6.51. The monoisotopic (exact) mass is 508 g/mol. The molecule has 0 saturated carbocycles. The fourth-order valence-electron chi connectivity index (χ4n) is 2.69. The molecule has 0 bridgehead atoms. The van der Waals surface area contributed by atoms with Gasteiger partial charge in [-0.25, -0.2) is 17.8 Å². The first-order chi connectivity index (χ1) is 14.8. The van der Waals surface area contributed by atoms with Crippen LogP contribution >= 0.6 is 23.2 Å². The number of halogens is 5. The maximum Gasteiger partial charge on any atom is 0.416 e. The highest BCUT2D eigenvalue weighted by atomic mass is 35.5. The van der Waals surface area contributed by atoms with Crippen LogP contribution in [0.3, 0.4) is 0 Å². The number of hydrogen-bond acceptors (Lipinski definition) is 6. The number of alkyl halides is 3. The molecule has 0 aliphatic heterocycles. The van der Waals surface area contributed by atoms with E-state index in [1.54, 1.807) is 4.72 Å². The Labute approximate surface area is 189 Å². The van der Waals surface area contributed by atoms with Crippen molar-refractivity contribution in [2.24, 2.45) is 0 Å². The van der Waals surface area contributed by atoms with Gasteiger partial charge in [0.15, 0.2) is 5.69 Å². The highest BCUT2D eigenvalue weighted by Crippen LogP contribution is 2.33. The quantitative estimate of drug-likeness (QED) is 0.558. The number of aromatic nitrogens is 3. The van der Waals surface area contributed by atoms with Crippen LogP contribution in [0.25, 0.3) is 5.69 Å². The Hall–Kier alpha value is -2.83. The number of rotatable bonds is 5. The standard InChI is InChI=1S/C18H13Cl2F3N4O4S/c1-9-16(17(28)25-32(29,30)15-8-13(31-2)3-4-14(15)20)24-26-27(9)12-6-10(18(21,22)23)5-11(19)7-12/h3-8H,1-2H3,(H,25,28). The van der Waals surface area contributed by atoms with E-state index in [9.17, 15) is 26.4 Å². The highest BCUT2D eigenvalue weighted by molar-refractivity contribution is 7.90. The third kappa shape index (κ3) is 4.81. The lowest BCUT2D eigenvalue weighted by Gasteiger charge is -2.11. The molecule has 0 saturated heterocycles. The molecule has 14 heteroatoms. The van der Waals surface area contributed by atoms with Gasteiger partial charge in [0.05, 0.1) is 29.1 Å². The Kier molecular flexibility index (Phi) is 6.40. The van der Waals surface area contributed by atoms with E-state index in [4.69, 9.17) is 27.9 Å². The van der Waals surface area contributed by atoms with Crippen molar-refractivity contribution in [1.29, 1.82) is 0 Å². The van der Waals surface area contributed by atoms with E-state index in [0.717, 1.165) is 22.9 Å². The molecule has 1 aromatic heterocycles. The van der Waals surface area contributed by atoms with Crippen LogP contribution in [-0.2, 0) is 16.2 Å². The van der Waals surface area contributed by atoms with Crippen molar-refractivity contribution < 1.29 is 31.1 Å². The van der Waals surface area contributed by atoms with Crippen LogP contribution in [0.15, 0.2) is 41.3 Å². The lowest BCUT2D eigenvalue weighted by Crippen LogP contribution is -2.31. The largest absolute Gasteiger partial charge is 0.497 e. The molecule has 170 valence electrons. The summed E-state index contributed by atoms with van der Waals surface area (Å²) in [5.74, 6) is -0.975. The van der Waals surface area contributed by atoms with E-state index in [2.05, 4.69) is 10.3 Å². The minimum Gasteiger partial charge on any atom is -0.497 e. The van der Waals surface area contributed by atoms with Crippen LogP contribution in [0.2, 0.25) is 10.0 Å². The molecule has 1 amide bonds. The fraction of sp³-hybridized carbons (Fsp3) is 0.167. The number of benzene rings is 2. The number of methoxy groups -OCH3 is 1. The summed E-state index contributed by atoms with van der Waals surface area (Å²) in [4.78, 5) is 12.2. The van der Waals surface area contributed by atoms with E-state index in [1.165, 1.54) is 32.2 Å². The zero-order chi connectivity index (χ0) is 23.8. The average Bonchev–Trinajstić information content (AvgIpc) is 3.08. The van der Waals surface area contributed by atoms with Crippen LogP contribution in [0.5, 0.6) is 5.75 Å². The number of hydrogen-bond donors (Lipinski definition) is 1. The van der Waals surface area contributed by atoms with Crippen molar-refractivity contribution in [1.82, 2.24) is 19.7 Å². The topological polar surface area (TPSA) is 103 Å². The third-order valence-electron chi connectivity index (χ3n) is 4.22. The van der Waals surface area contributed by atoms with Crippen molar-refractivity contribution in [3.05, 3.63) is 63.4 Å². The van der Waals surface area contributed by atoms with Gasteiger partial charge >= 0.3 is 6.18 Å². The third-order valence-corrected chi connectivity index (χ3v) is 6.25. The molecule has 0 atom stereocenters. The van der Waals surface area contributed by atoms with Crippen molar-refractivity contribution in [2.45, 2.75) is 18.0 Å². The molecule has 0 fully saturated rings. The number of nitrogens with zero attached hydrogens (tertiary/aromatic N) is 3. The molecule has 32 heavy (non-hydrogen) atoms. The lowest BCUT2D eigenvalue weighted by molar-refractivity contribution is -0.137. The molecule has 3 rings (SSSR count). The zero-order valence-corrected chi connectivity index (χ0v) is 18.6. The molecular weight excluding hydrogens is 496 g/mol. The van der Waals surface area contributed by atoms with Gasteiger partial charge in [0.1, 0.15) is 10.6 Å². The van der Waals surface area contributed by atoms with E-state index in [0.29, 0.717) is 0 Å². The molecule has 1 N–H and O–H groups in total. The average molecular weight is 509 g/mol. The minimum atomic E-state index is -4.67. The zero-order valence-electron chi connectivity index (χ0n) is 16.2. The summed E-state index contributed by atoms with van der Waals surface area (Å²) in [7, 11) is -3.11. The van der Waals surface area contributed by atoms with Gasteiger partial charge in [0.25, 0.3) is 15.9 Å². The molecule has 2 aromatic carbocycles. The van der Waals surface area contributed by atoms with Gasteiger partial charge in [0.2, 0.25) is 0 Å². The predicted molar refractivity (Wildman–Crippen MR) is 109 cm³/mol. The van der Waals surface area contributed by atoms with Gasteiger partial charge in [-0.2, -0.15) is 13.2 Å². The van der Waals surface area contributed by atoms with Crippen LogP contribution in [-0.4, -0.2) is 36.4 Å². The normalized spacial score (nSPS) is 12.0. The smallest absolute Gasteiger partial charge is 0.416 e. The highest BCUT2D eigenvalue weighted by Gasteiger charge is 2.32. The maximum absolute atomic E-state index is 13.1. The maximum atomic E-state index is 13.1. The molecule has 8 nitrogen and oxygen atoms in total. The molecule has 1 heterocycles. The van der Waals surface area contributed by atoms with E-state index in [-0.39, 0.29) is 27.2 Å². The Morgan fingerprint density at radius 2 is 1.84 bits per heavy atom. The van der Waals surface area contributed by atoms with Crippen LogP contribution in [0, 0.1) is 6.92 Å². The van der Waals surface area contributed by atoms with Crippen LogP contribution in [0.1, 0.15) is 21.7 Å². The molecule has 0 unspecified atom stereocenters. The van der Waals surface area contributed by atoms with Crippen molar-refractivity contribution in [3.8, 4) is 11.4 Å². The van der Waals surface area contributed by atoms with Crippen molar-refractivity contribution in [3.63, 3.8) is 0 Å². The summed E-state index contributed by atoms with van der Waals surface area (Å²) in [6.07, 6.45) is -4.67. The first-order valence-electron chi connectivity index (χ1n) is 8.54. The Morgan fingerprint density at radius 1 is 1.16 bits per heavy atom. The molecule has 0 aliphatic carbocycles. The van der Waals surface area contributed by atoms with Crippen molar-refractivity contribution in [2.75, 3.05) is 7.11 Å². The van der Waals surface area contributed by atoms with Gasteiger partial charge in [-0.05, 0) is 37.3 Å². The number of ether oxygens (including phenoxy) is 1. The lowest BCUT2D eigenvalue weighted by atomic mass is 10.2. The number of amides is 1. The summed E-state index contributed by atoms with van der Waals surface area (Å²) >= 11 is 11.7. The minimum absolute atomic E-state index is 0.0233. The molecule has 0 radical (unpaired) electrons. The number of sulfonamides is 1. The molecule has 0 aliphatic rings. The first-order valence-corrected chi connectivity index (χ1v) is 10.8. The number of carbonyl (C=O) groups is 1. The number of nitrogens with one attached hydrogen (secondary N) is 1. The van der Waals surface area contributed by atoms with Gasteiger partial charge in [0, 0.05) is 11.1 Å². The van der Waals surface area contributed by atoms with Gasteiger partial charge < -0.3 is 4.74 Å². The van der Waals surface area contributed by atoms with Crippen molar-refractivity contribution >= 4 is 39.1 Å². The summed E-state index contributed by atoms with van der Waals surface area (Å²) in [5, 5.41) is 6.88. The second-order valence-electron chi connectivity index (χ2n) is 6.36. The Balaban J connectivity index is 1.95. The van der Waals surface area contributed by atoms with E-state index < -0.39 is 38.3 Å². The molecular formula is C18H13Cl2F3N4O4S. The van der Waals surface area contributed by atoms with Gasteiger partial charge in [-0.3, -0.25) is 4.79 Å².